The summed E-state index contributed by atoms with van der Waals surface area (Å²) >= 11 is 0. The second kappa shape index (κ2) is 2.83. The molecule has 2 aromatic rings. The summed E-state index contributed by atoms with van der Waals surface area (Å²) < 4.78 is 12.7. The summed E-state index contributed by atoms with van der Waals surface area (Å²) in [6.45, 7) is 3.42. The molecule has 0 aliphatic carbocycles. The van der Waals surface area contributed by atoms with Crippen LogP contribution in [0.15, 0.2) is 12.1 Å². The standard InChI is InChI=1S/C10H11FN2/c1-6-3-8(5-11)10-7(2)12-13-9(10)4-6/h3-4H,5H2,1-2H3,(H,12,13). The van der Waals surface area contributed by atoms with E-state index < -0.39 is 6.67 Å². The van der Waals surface area contributed by atoms with Crippen LogP contribution in [0.5, 0.6) is 0 Å². The summed E-state index contributed by atoms with van der Waals surface area (Å²) in [6, 6.07) is 3.82. The molecule has 1 aromatic carbocycles. The number of benzene rings is 1. The van der Waals surface area contributed by atoms with Crippen molar-refractivity contribution in [2.75, 3.05) is 0 Å². The molecule has 68 valence electrons. The molecule has 1 aromatic heterocycles. The largest absolute Gasteiger partial charge is 0.282 e. The van der Waals surface area contributed by atoms with Gasteiger partial charge in [-0.05, 0) is 31.0 Å². The van der Waals surface area contributed by atoms with E-state index in [9.17, 15) is 4.39 Å². The van der Waals surface area contributed by atoms with Gasteiger partial charge in [0.1, 0.15) is 6.67 Å². The summed E-state index contributed by atoms with van der Waals surface area (Å²) in [4.78, 5) is 0. The van der Waals surface area contributed by atoms with Crippen LogP contribution in [0.2, 0.25) is 0 Å². The van der Waals surface area contributed by atoms with Crippen molar-refractivity contribution in [3.63, 3.8) is 0 Å². The van der Waals surface area contributed by atoms with Gasteiger partial charge in [0.15, 0.2) is 0 Å². The zero-order valence-electron chi connectivity index (χ0n) is 7.69. The summed E-state index contributed by atoms with van der Waals surface area (Å²) in [6.07, 6.45) is 0. The highest BCUT2D eigenvalue weighted by Gasteiger charge is 2.07. The van der Waals surface area contributed by atoms with Gasteiger partial charge in [0, 0.05) is 11.1 Å². The second-order valence-corrected chi connectivity index (χ2v) is 3.30. The molecule has 2 nitrogen and oxygen atoms in total. The summed E-state index contributed by atoms with van der Waals surface area (Å²) in [5, 5.41) is 7.88. The zero-order valence-corrected chi connectivity index (χ0v) is 7.69. The van der Waals surface area contributed by atoms with E-state index in [-0.39, 0.29) is 0 Å². The van der Waals surface area contributed by atoms with E-state index >= 15 is 0 Å². The Morgan fingerprint density at radius 2 is 2.15 bits per heavy atom. The molecule has 0 spiro atoms. The number of nitrogens with one attached hydrogen (secondary N) is 1. The Kier molecular flexibility index (Phi) is 1.79. The smallest absolute Gasteiger partial charge is 0.115 e. The van der Waals surface area contributed by atoms with E-state index in [0.29, 0.717) is 0 Å². The second-order valence-electron chi connectivity index (χ2n) is 3.30. The molecule has 1 N–H and O–H groups in total. The lowest BCUT2D eigenvalue weighted by atomic mass is 10.1. The molecular weight excluding hydrogens is 167 g/mol. The third kappa shape index (κ3) is 1.20. The molecule has 0 fully saturated rings. The van der Waals surface area contributed by atoms with Gasteiger partial charge < -0.3 is 0 Å². The fourth-order valence-electron chi connectivity index (χ4n) is 1.67. The molecule has 0 saturated heterocycles. The van der Waals surface area contributed by atoms with Crippen molar-refractivity contribution in [1.82, 2.24) is 10.2 Å². The molecular formula is C10H11FN2. The van der Waals surface area contributed by atoms with Crippen LogP contribution in [0, 0.1) is 13.8 Å². The monoisotopic (exact) mass is 178 g/mol. The molecule has 0 saturated carbocycles. The molecule has 0 aliphatic rings. The van der Waals surface area contributed by atoms with Crippen molar-refractivity contribution in [3.8, 4) is 0 Å². The zero-order chi connectivity index (χ0) is 9.42. The van der Waals surface area contributed by atoms with Gasteiger partial charge in [-0.1, -0.05) is 6.07 Å². The molecule has 0 bridgehead atoms. The minimum atomic E-state index is -0.432. The number of H-pyrrole nitrogens is 1. The highest BCUT2D eigenvalue weighted by molar-refractivity contribution is 5.85. The van der Waals surface area contributed by atoms with Gasteiger partial charge >= 0.3 is 0 Å². The number of hydrogen-bond acceptors (Lipinski definition) is 1. The number of hydrogen-bond donors (Lipinski definition) is 1. The van der Waals surface area contributed by atoms with Crippen molar-refractivity contribution >= 4 is 10.9 Å². The summed E-state index contributed by atoms with van der Waals surface area (Å²) in [7, 11) is 0. The molecule has 0 aliphatic heterocycles. The Labute approximate surface area is 75.8 Å². The lowest BCUT2D eigenvalue weighted by Gasteiger charge is -2.00. The van der Waals surface area contributed by atoms with Crippen LogP contribution >= 0.6 is 0 Å². The van der Waals surface area contributed by atoms with Crippen LogP contribution in [0.4, 0.5) is 4.39 Å². The van der Waals surface area contributed by atoms with Gasteiger partial charge in [-0.15, -0.1) is 0 Å². The topological polar surface area (TPSA) is 28.7 Å². The Balaban J connectivity index is 2.85. The predicted molar refractivity (Wildman–Crippen MR) is 50.4 cm³/mol. The predicted octanol–water partition coefficient (Wildman–Crippen LogP) is 2.65. The van der Waals surface area contributed by atoms with Crippen molar-refractivity contribution in [3.05, 3.63) is 29.0 Å². The average Bonchev–Trinajstić information content (AvgIpc) is 2.46. The Morgan fingerprint density at radius 1 is 1.38 bits per heavy atom. The lowest BCUT2D eigenvalue weighted by molar-refractivity contribution is 0.487. The molecule has 0 amide bonds. The van der Waals surface area contributed by atoms with Crippen LogP contribution in [-0.2, 0) is 6.67 Å². The van der Waals surface area contributed by atoms with Crippen LogP contribution in [0.25, 0.3) is 10.9 Å². The highest BCUT2D eigenvalue weighted by Crippen LogP contribution is 2.22. The molecule has 13 heavy (non-hydrogen) atoms. The van der Waals surface area contributed by atoms with E-state index in [1.54, 1.807) is 0 Å². The lowest BCUT2D eigenvalue weighted by Crippen LogP contribution is -1.84. The van der Waals surface area contributed by atoms with E-state index in [4.69, 9.17) is 0 Å². The molecule has 0 atom stereocenters. The number of fused-ring (bicyclic) bond motifs is 1. The van der Waals surface area contributed by atoms with Crippen molar-refractivity contribution in [1.29, 1.82) is 0 Å². The van der Waals surface area contributed by atoms with E-state index in [0.717, 1.165) is 27.7 Å². The van der Waals surface area contributed by atoms with Crippen LogP contribution in [0.1, 0.15) is 16.8 Å². The van der Waals surface area contributed by atoms with Crippen molar-refractivity contribution in [2.24, 2.45) is 0 Å². The third-order valence-corrected chi connectivity index (χ3v) is 2.21. The van der Waals surface area contributed by atoms with Gasteiger partial charge in [0.2, 0.25) is 0 Å². The molecule has 3 heteroatoms. The van der Waals surface area contributed by atoms with E-state index in [1.807, 2.05) is 26.0 Å². The maximum Gasteiger partial charge on any atom is 0.115 e. The van der Waals surface area contributed by atoms with Gasteiger partial charge in [-0.25, -0.2) is 4.39 Å². The third-order valence-electron chi connectivity index (χ3n) is 2.21. The van der Waals surface area contributed by atoms with E-state index in [2.05, 4.69) is 10.2 Å². The first-order valence-corrected chi connectivity index (χ1v) is 4.22. The molecule has 0 unspecified atom stereocenters. The van der Waals surface area contributed by atoms with Gasteiger partial charge in [-0.3, -0.25) is 5.10 Å². The average molecular weight is 178 g/mol. The van der Waals surface area contributed by atoms with Crippen LogP contribution in [-0.4, -0.2) is 10.2 Å². The Bertz CT molecular complexity index is 445. The molecule has 2 rings (SSSR count). The maximum absolute atomic E-state index is 12.7. The minimum Gasteiger partial charge on any atom is -0.282 e. The SMILES string of the molecule is Cc1cc(CF)c2c(C)[nH]nc2c1. The van der Waals surface area contributed by atoms with Gasteiger partial charge in [0.25, 0.3) is 0 Å². The summed E-state index contributed by atoms with van der Waals surface area (Å²) in [5.41, 5.74) is 3.56. The van der Waals surface area contributed by atoms with E-state index in [1.165, 1.54) is 0 Å². The van der Waals surface area contributed by atoms with Crippen LogP contribution in [0.3, 0.4) is 0 Å². The van der Waals surface area contributed by atoms with Crippen LogP contribution < -0.4 is 0 Å². The Morgan fingerprint density at radius 3 is 2.85 bits per heavy atom. The van der Waals surface area contributed by atoms with Gasteiger partial charge in [0.05, 0.1) is 5.52 Å². The first-order chi connectivity index (χ1) is 6.22. The first-order valence-electron chi connectivity index (χ1n) is 4.22. The van der Waals surface area contributed by atoms with Gasteiger partial charge in [-0.2, -0.15) is 5.10 Å². The Hall–Kier alpha value is -1.38. The molecule has 1 heterocycles. The first kappa shape index (κ1) is 8.23. The number of aryl methyl sites for hydroxylation is 2. The fourth-order valence-corrected chi connectivity index (χ4v) is 1.67. The maximum atomic E-state index is 12.7. The molecule has 0 radical (unpaired) electrons. The number of aromatic amines is 1. The fraction of sp³-hybridized carbons (Fsp3) is 0.300. The number of halogens is 1. The van der Waals surface area contributed by atoms with Crippen molar-refractivity contribution < 1.29 is 4.39 Å². The summed E-state index contributed by atoms with van der Waals surface area (Å²) in [5.74, 6) is 0. The highest BCUT2D eigenvalue weighted by atomic mass is 19.1. The number of rotatable bonds is 1. The number of nitrogens with zero attached hydrogens (tertiary/aromatic N) is 1. The number of alkyl halides is 1. The quantitative estimate of drug-likeness (QED) is 0.714. The normalized spacial score (nSPS) is 11.0. The minimum absolute atomic E-state index is 0.432. The van der Waals surface area contributed by atoms with Crippen molar-refractivity contribution in [2.45, 2.75) is 20.5 Å². The number of aromatic nitrogens is 2.